The van der Waals surface area contributed by atoms with Gasteiger partial charge in [0.2, 0.25) is 0 Å². The van der Waals surface area contributed by atoms with Gasteiger partial charge in [0.1, 0.15) is 0 Å². The Hall–Kier alpha value is -2.15. The van der Waals surface area contributed by atoms with Gasteiger partial charge in [-0.15, -0.1) is 0 Å². The minimum Gasteiger partial charge on any atom is -0.248 e. The first-order chi connectivity index (χ1) is 9.38. The zero-order valence-corrected chi connectivity index (χ0v) is 10.5. The second-order valence-corrected chi connectivity index (χ2v) is 5.72. The SMILES string of the molecule is C1=CC2CC2c2cc3nc4ccccc4cc3cc21. The third-order valence-electron chi connectivity index (χ3n) is 4.48. The van der Waals surface area contributed by atoms with E-state index in [9.17, 15) is 0 Å². The number of fused-ring (bicyclic) bond motifs is 5. The summed E-state index contributed by atoms with van der Waals surface area (Å²) < 4.78 is 0. The lowest BCUT2D eigenvalue weighted by atomic mass is 9.95. The van der Waals surface area contributed by atoms with Crippen molar-refractivity contribution < 1.29 is 0 Å². The Kier molecular flexibility index (Phi) is 1.66. The van der Waals surface area contributed by atoms with E-state index in [2.05, 4.69) is 54.6 Å². The van der Waals surface area contributed by atoms with Gasteiger partial charge >= 0.3 is 0 Å². The maximum atomic E-state index is 4.81. The van der Waals surface area contributed by atoms with Gasteiger partial charge < -0.3 is 0 Å². The van der Waals surface area contributed by atoms with Gasteiger partial charge in [-0.05, 0) is 53.6 Å². The van der Waals surface area contributed by atoms with Gasteiger partial charge in [0.25, 0.3) is 0 Å². The summed E-state index contributed by atoms with van der Waals surface area (Å²) >= 11 is 0. The molecular formula is C18H13N. The van der Waals surface area contributed by atoms with Crippen molar-refractivity contribution in [3.8, 4) is 0 Å². The molecule has 90 valence electrons. The molecule has 0 spiro atoms. The molecule has 0 radical (unpaired) electrons. The summed E-state index contributed by atoms with van der Waals surface area (Å²) in [6.07, 6.45) is 5.98. The minimum absolute atomic E-state index is 0.762. The maximum Gasteiger partial charge on any atom is 0.0713 e. The van der Waals surface area contributed by atoms with E-state index in [0.717, 1.165) is 22.9 Å². The van der Waals surface area contributed by atoms with E-state index in [1.165, 1.54) is 28.3 Å². The van der Waals surface area contributed by atoms with Gasteiger partial charge in [0.15, 0.2) is 0 Å². The summed E-state index contributed by atoms with van der Waals surface area (Å²) in [5.41, 5.74) is 5.12. The topological polar surface area (TPSA) is 12.9 Å². The summed E-state index contributed by atoms with van der Waals surface area (Å²) in [6, 6.07) is 15.2. The fourth-order valence-electron chi connectivity index (χ4n) is 3.34. The highest BCUT2D eigenvalue weighted by Crippen LogP contribution is 2.53. The van der Waals surface area contributed by atoms with Crippen LogP contribution in [0.3, 0.4) is 0 Å². The van der Waals surface area contributed by atoms with E-state index < -0.39 is 0 Å². The van der Waals surface area contributed by atoms with Crippen LogP contribution in [0.2, 0.25) is 0 Å². The van der Waals surface area contributed by atoms with Crippen LogP contribution < -0.4 is 0 Å². The van der Waals surface area contributed by atoms with Gasteiger partial charge in [-0.2, -0.15) is 0 Å². The fourth-order valence-corrected chi connectivity index (χ4v) is 3.34. The number of benzene rings is 2. The second kappa shape index (κ2) is 3.24. The lowest BCUT2D eigenvalue weighted by Crippen LogP contribution is -1.94. The van der Waals surface area contributed by atoms with E-state index in [1.54, 1.807) is 0 Å². The van der Waals surface area contributed by atoms with E-state index in [4.69, 9.17) is 4.98 Å². The van der Waals surface area contributed by atoms with Crippen molar-refractivity contribution in [3.63, 3.8) is 0 Å². The van der Waals surface area contributed by atoms with Crippen molar-refractivity contribution in [1.29, 1.82) is 0 Å². The van der Waals surface area contributed by atoms with Crippen LogP contribution in [0.4, 0.5) is 0 Å². The number of aromatic nitrogens is 1. The molecule has 1 nitrogen and oxygen atoms in total. The van der Waals surface area contributed by atoms with Gasteiger partial charge in [0, 0.05) is 10.8 Å². The van der Waals surface area contributed by atoms with Crippen molar-refractivity contribution in [2.24, 2.45) is 5.92 Å². The Morgan fingerprint density at radius 1 is 0.947 bits per heavy atom. The highest BCUT2D eigenvalue weighted by atomic mass is 14.7. The minimum atomic E-state index is 0.762. The first-order valence-electron chi connectivity index (χ1n) is 6.90. The van der Waals surface area contributed by atoms with Crippen molar-refractivity contribution in [2.75, 3.05) is 0 Å². The second-order valence-electron chi connectivity index (χ2n) is 5.72. The summed E-state index contributed by atoms with van der Waals surface area (Å²) in [4.78, 5) is 4.81. The molecule has 2 atom stereocenters. The number of hydrogen-bond donors (Lipinski definition) is 0. The molecule has 1 fully saturated rings. The normalized spacial score (nSPS) is 23.4. The molecule has 1 heteroatoms. The zero-order chi connectivity index (χ0) is 12.4. The average molecular weight is 243 g/mol. The summed E-state index contributed by atoms with van der Waals surface area (Å²) in [6.45, 7) is 0. The van der Waals surface area contributed by atoms with E-state index >= 15 is 0 Å². The lowest BCUT2D eigenvalue weighted by molar-refractivity contribution is 0.998. The largest absolute Gasteiger partial charge is 0.248 e. The number of allylic oxidation sites excluding steroid dienone is 1. The van der Waals surface area contributed by atoms with Crippen molar-refractivity contribution in [1.82, 2.24) is 4.98 Å². The highest BCUT2D eigenvalue weighted by Gasteiger charge is 2.39. The number of rotatable bonds is 0. The molecule has 0 aliphatic heterocycles. The molecule has 0 amide bonds. The van der Waals surface area contributed by atoms with Crippen LogP contribution in [-0.4, -0.2) is 4.98 Å². The average Bonchev–Trinajstić information content (AvgIpc) is 3.23. The number of hydrogen-bond acceptors (Lipinski definition) is 1. The third kappa shape index (κ3) is 1.33. The molecule has 2 unspecified atom stereocenters. The monoisotopic (exact) mass is 243 g/mol. The summed E-state index contributed by atoms with van der Waals surface area (Å²) in [5.74, 6) is 1.56. The quantitative estimate of drug-likeness (QED) is 0.529. The highest BCUT2D eigenvalue weighted by molar-refractivity contribution is 5.94. The molecule has 0 N–H and O–H groups in total. The molecule has 19 heavy (non-hydrogen) atoms. The van der Waals surface area contributed by atoms with Crippen LogP contribution in [0, 0.1) is 5.92 Å². The number of pyridine rings is 1. The van der Waals surface area contributed by atoms with Gasteiger partial charge in [-0.1, -0.05) is 30.4 Å². The molecule has 2 aliphatic rings. The molecule has 3 aromatic rings. The smallest absolute Gasteiger partial charge is 0.0713 e. The summed E-state index contributed by atoms with van der Waals surface area (Å²) in [7, 11) is 0. The molecule has 1 saturated carbocycles. The van der Waals surface area contributed by atoms with Gasteiger partial charge in [0.05, 0.1) is 11.0 Å². The molecule has 2 aliphatic carbocycles. The molecule has 0 saturated heterocycles. The van der Waals surface area contributed by atoms with E-state index in [-0.39, 0.29) is 0 Å². The van der Waals surface area contributed by atoms with Crippen molar-refractivity contribution in [2.45, 2.75) is 12.3 Å². The zero-order valence-electron chi connectivity index (χ0n) is 10.5. The number of para-hydroxylation sites is 1. The molecule has 5 rings (SSSR count). The Bertz CT molecular complexity index is 860. The van der Waals surface area contributed by atoms with Crippen LogP contribution in [0.1, 0.15) is 23.5 Å². The Balaban J connectivity index is 1.87. The van der Waals surface area contributed by atoms with Crippen LogP contribution in [0.5, 0.6) is 0 Å². The van der Waals surface area contributed by atoms with Crippen LogP contribution >= 0.6 is 0 Å². The lowest BCUT2D eigenvalue weighted by Gasteiger charge is -2.11. The van der Waals surface area contributed by atoms with E-state index in [0.29, 0.717) is 0 Å². The van der Waals surface area contributed by atoms with Gasteiger partial charge in [-0.3, -0.25) is 0 Å². The van der Waals surface area contributed by atoms with Crippen LogP contribution in [0.15, 0.2) is 48.5 Å². The molecular weight excluding hydrogens is 230 g/mol. The predicted molar refractivity (Wildman–Crippen MR) is 79.1 cm³/mol. The third-order valence-corrected chi connectivity index (χ3v) is 4.48. The molecule has 1 aromatic heterocycles. The van der Waals surface area contributed by atoms with Gasteiger partial charge in [-0.25, -0.2) is 4.98 Å². The van der Waals surface area contributed by atoms with Crippen molar-refractivity contribution in [3.05, 3.63) is 59.7 Å². The molecule has 2 aromatic carbocycles. The standard InChI is InChI=1S/C18H13N/c1-2-4-17-13(3-1)8-14-7-11-5-6-12-9-15(12)16(11)10-18(14)19-17/h1-8,10,12,15H,9H2. The van der Waals surface area contributed by atoms with E-state index in [1.807, 2.05) is 0 Å². The Labute approximate surface area is 111 Å². The Morgan fingerprint density at radius 2 is 1.89 bits per heavy atom. The maximum absolute atomic E-state index is 4.81. The first kappa shape index (κ1) is 9.74. The van der Waals surface area contributed by atoms with Crippen LogP contribution in [0.25, 0.3) is 27.9 Å². The van der Waals surface area contributed by atoms with Crippen molar-refractivity contribution >= 4 is 27.9 Å². The molecule has 0 bridgehead atoms. The van der Waals surface area contributed by atoms with Crippen LogP contribution in [-0.2, 0) is 0 Å². The Morgan fingerprint density at radius 3 is 2.89 bits per heavy atom. The summed E-state index contributed by atoms with van der Waals surface area (Å²) in [5, 5.41) is 2.47. The molecule has 1 heterocycles. The first-order valence-corrected chi connectivity index (χ1v) is 6.90. The predicted octanol–water partition coefficient (Wildman–Crippen LogP) is 4.52. The fraction of sp³-hybridized carbons (Fsp3) is 0.167. The number of nitrogens with zero attached hydrogens (tertiary/aromatic N) is 1.